The van der Waals surface area contributed by atoms with Gasteiger partial charge in [0.25, 0.3) is 0 Å². The number of alkyl halides is 1. The van der Waals surface area contributed by atoms with Gasteiger partial charge in [0.15, 0.2) is 0 Å². The van der Waals surface area contributed by atoms with Crippen LogP contribution in [0.25, 0.3) is 0 Å². The summed E-state index contributed by atoms with van der Waals surface area (Å²) in [4.78, 5) is 9.22. The first-order valence-corrected chi connectivity index (χ1v) is 4.73. The molecule has 0 saturated carbocycles. The van der Waals surface area contributed by atoms with E-state index < -0.39 is 6.17 Å². The van der Waals surface area contributed by atoms with Gasteiger partial charge >= 0.3 is 0 Å². The maximum absolute atomic E-state index is 12.1. The molecule has 80 valence electrons. The van der Waals surface area contributed by atoms with Crippen molar-refractivity contribution in [2.24, 2.45) is 5.73 Å². The van der Waals surface area contributed by atoms with Crippen molar-refractivity contribution in [1.29, 1.82) is 0 Å². The largest absolute Gasteiger partial charge is 0.370 e. The zero-order valence-electron chi connectivity index (χ0n) is 8.77. The van der Waals surface area contributed by atoms with Gasteiger partial charge in [0.05, 0.1) is 0 Å². The lowest BCUT2D eigenvalue weighted by Crippen LogP contribution is -2.30. The number of nitrogens with two attached hydrogens (primary N) is 1. The quantitative estimate of drug-likeness (QED) is 0.606. The number of carbonyl (C=O) groups excluding carboxylic acids is 1. The number of primary amides is 1. The molecule has 0 bridgehead atoms. The minimum atomic E-state index is -0.575. The van der Waals surface area contributed by atoms with Crippen LogP contribution in [-0.2, 0) is 4.79 Å². The molecule has 1 amide bonds. The molecule has 0 aliphatic carbocycles. The highest BCUT2D eigenvalue weighted by Crippen LogP contribution is 2.03. The highest BCUT2D eigenvalue weighted by Gasteiger charge is 2.08. The van der Waals surface area contributed by atoms with Gasteiger partial charge in [-0.1, -0.05) is 13.8 Å². The predicted molar refractivity (Wildman–Crippen MR) is 53.2 cm³/mol. The van der Waals surface area contributed by atoms with Gasteiger partial charge in [0, 0.05) is 13.5 Å². The van der Waals surface area contributed by atoms with Crippen molar-refractivity contribution in [3.05, 3.63) is 0 Å². The predicted octanol–water partition coefficient (Wildman–Crippen LogP) is 1.23. The smallest absolute Gasteiger partial charge is 0.214 e. The van der Waals surface area contributed by atoms with Gasteiger partial charge in [-0.25, -0.2) is 4.39 Å². The Balaban J connectivity index is 0. The van der Waals surface area contributed by atoms with Crippen molar-refractivity contribution in [3.63, 3.8) is 0 Å². The zero-order chi connectivity index (χ0) is 10.7. The highest BCUT2D eigenvalue weighted by atomic mass is 19.1. The van der Waals surface area contributed by atoms with Crippen LogP contribution in [0.15, 0.2) is 0 Å². The summed E-state index contributed by atoms with van der Waals surface area (Å²) < 4.78 is 12.1. The first kappa shape index (κ1) is 14.9. The molecule has 0 aromatic rings. The van der Waals surface area contributed by atoms with E-state index >= 15 is 0 Å². The van der Waals surface area contributed by atoms with Gasteiger partial charge in [-0.15, -0.1) is 0 Å². The molecule has 1 aliphatic heterocycles. The van der Waals surface area contributed by atoms with Gasteiger partial charge in [-0.05, 0) is 19.4 Å². The standard InChI is InChI=1S/C5H10FN.C2H5NO.C2H6/c6-5-2-1-3-7-4-5;1-2(3)4;1-2/h5,7H,1-4H2;1H3,(H2,3,4);1-2H3. The second-order valence-electron chi connectivity index (χ2n) is 2.55. The number of carbonyl (C=O) groups is 1. The van der Waals surface area contributed by atoms with Crippen LogP contribution in [0, 0.1) is 0 Å². The number of rotatable bonds is 0. The van der Waals surface area contributed by atoms with Crippen LogP contribution in [0.3, 0.4) is 0 Å². The Morgan fingerprint density at radius 2 is 2.00 bits per heavy atom. The average Bonchev–Trinajstić information content (AvgIpc) is 2.08. The van der Waals surface area contributed by atoms with Gasteiger partial charge in [0.1, 0.15) is 6.17 Å². The molecule has 0 aromatic carbocycles. The monoisotopic (exact) mass is 192 g/mol. The molecule has 3 nitrogen and oxygen atoms in total. The van der Waals surface area contributed by atoms with Crippen molar-refractivity contribution in [2.45, 2.75) is 39.8 Å². The van der Waals surface area contributed by atoms with Crippen molar-refractivity contribution in [3.8, 4) is 0 Å². The molecule has 3 N–H and O–H groups in total. The van der Waals surface area contributed by atoms with E-state index in [9.17, 15) is 9.18 Å². The van der Waals surface area contributed by atoms with Crippen LogP contribution in [0.2, 0.25) is 0 Å². The summed E-state index contributed by atoms with van der Waals surface area (Å²) in [5, 5.41) is 2.96. The summed E-state index contributed by atoms with van der Waals surface area (Å²) in [6, 6.07) is 0. The topological polar surface area (TPSA) is 55.1 Å². The van der Waals surface area contributed by atoms with E-state index in [1.165, 1.54) is 6.92 Å². The molecule has 1 unspecified atom stereocenters. The van der Waals surface area contributed by atoms with Crippen LogP contribution in [0.4, 0.5) is 4.39 Å². The second-order valence-corrected chi connectivity index (χ2v) is 2.55. The third kappa shape index (κ3) is 18.4. The minimum absolute atomic E-state index is 0.333. The number of halogens is 1. The third-order valence-corrected chi connectivity index (χ3v) is 1.24. The number of hydrogen-bond acceptors (Lipinski definition) is 2. The van der Waals surface area contributed by atoms with E-state index in [0.29, 0.717) is 6.54 Å². The van der Waals surface area contributed by atoms with E-state index in [-0.39, 0.29) is 5.91 Å². The lowest BCUT2D eigenvalue weighted by atomic mass is 10.1. The van der Waals surface area contributed by atoms with Crippen LogP contribution in [0.5, 0.6) is 0 Å². The van der Waals surface area contributed by atoms with Gasteiger partial charge in [0.2, 0.25) is 5.91 Å². The Kier molecular flexibility index (Phi) is 13.0. The van der Waals surface area contributed by atoms with Crippen LogP contribution in [-0.4, -0.2) is 25.2 Å². The summed E-state index contributed by atoms with van der Waals surface area (Å²) in [6.45, 7) is 6.88. The molecule has 4 heteroatoms. The van der Waals surface area contributed by atoms with Crippen molar-refractivity contribution in [1.82, 2.24) is 5.32 Å². The normalized spacial score (nSPS) is 20.2. The number of piperidine rings is 1. The maximum Gasteiger partial charge on any atom is 0.214 e. The number of amides is 1. The Morgan fingerprint density at radius 1 is 1.54 bits per heavy atom. The minimum Gasteiger partial charge on any atom is -0.370 e. The molecule has 1 saturated heterocycles. The van der Waals surface area contributed by atoms with Gasteiger partial charge in [-0.2, -0.15) is 0 Å². The molecule has 0 aromatic heterocycles. The lowest BCUT2D eigenvalue weighted by molar-refractivity contribution is -0.115. The average molecular weight is 192 g/mol. The van der Waals surface area contributed by atoms with Gasteiger partial charge in [-0.3, -0.25) is 4.79 Å². The lowest BCUT2D eigenvalue weighted by Gasteiger charge is -2.14. The fourth-order valence-corrected chi connectivity index (χ4v) is 0.809. The summed E-state index contributed by atoms with van der Waals surface area (Å²) in [6.07, 6.45) is 1.18. The number of hydrogen-bond donors (Lipinski definition) is 2. The van der Waals surface area contributed by atoms with Crippen molar-refractivity contribution < 1.29 is 9.18 Å². The van der Waals surface area contributed by atoms with E-state index in [2.05, 4.69) is 11.1 Å². The Labute approximate surface area is 79.9 Å². The van der Waals surface area contributed by atoms with E-state index in [4.69, 9.17) is 0 Å². The first-order chi connectivity index (χ1) is 6.13. The molecule has 1 atom stereocenters. The molecule has 1 fully saturated rings. The molecule has 0 radical (unpaired) electrons. The summed E-state index contributed by atoms with van der Waals surface area (Å²) in [5.41, 5.74) is 4.47. The molecule has 1 rings (SSSR count). The molecular weight excluding hydrogens is 171 g/mol. The Morgan fingerprint density at radius 3 is 2.15 bits per heavy atom. The van der Waals surface area contributed by atoms with E-state index in [0.717, 1.165) is 19.4 Å². The second kappa shape index (κ2) is 11.4. The van der Waals surface area contributed by atoms with Crippen LogP contribution >= 0.6 is 0 Å². The summed E-state index contributed by atoms with van der Waals surface area (Å²) in [5.74, 6) is -0.333. The molecule has 0 spiro atoms. The Hall–Kier alpha value is -0.640. The maximum atomic E-state index is 12.1. The summed E-state index contributed by atoms with van der Waals surface area (Å²) in [7, 11) is 0. The molecule has 1 aliphatic rings. The zero-order valence-corrected chi connectivity index (χ0v) is 8.77. The molecular formula is C9H21FN2O. The third-order valence-electron chi connectivity index (χ3n) is 1.24. The SMILES string of the molecule is CC.CC(N)=O.FC1CCCNC1. The molecule has 13 heavy (non-hydrogen) atoms. The summed E-state index contributed by atoms with van der Waals surface area (Å²) >= 11 is 0. The molecule has 1 heterocycles. The number of nitrogens with one attached hydrogen (secondary N) is 1. The van der Waals surface area contributed by atoms with Crippen LogP contribution in [0.1, 0.15) is 33.6 Å². The van der Waals surface area contributed by atoms with Gasteiger partial charge < -0.3 is 11.1 Å². The Bertz CT molecular complexity index is 110. The fraction of sp³-hybridized carbons (Fsp3) is 0.889. The fourth-order valence-electron chi connectivity index (χ4n) is 0.809. The van der Waals surface area contributed by atoms with Crippen molar-refractivity contribution in [2.75, 3.05) is 13.1 Å². The highest BCUT2D eigenvalue weighted by molar-refractivity contribution is 5.70. The first-order valence-electron chi connectivity index (χ1n) is 4.73. The van der Waals surface area contributed by atoms with E-state index in [1.54, 1.807) is 0 Å². The van der Waals surface area contributed by atoms with Crippen molar-refractivity contribution >= 4 is 5.91 Å². The van der Waals surface area contributed by atoms with E-state index in [1.807, 2.05) is 13.8 Å². The van der Waals surface area contributed by atoms with Crippen LogP contribution < -0.4 is 11.1 Å².